The Hall–Kier alpha value is -2.10. The molecule has 0 saturated heterocycles. The van der Waals surface area contributed by atoms with Crippen LogP contribution in [0.3, 0.4) is 0 Å². The summed E-state index contributed by atoms with van der Waals surface area (Å²) < 4.78 is 34.1. The Kier molecular flexibility index (Phi) is 12.3. The summed E-state index contributed by atoms with van der Waals surface area (Å²) in [4.78, 5) is 11.7. The third-order valence-electron chi connectivity index (χ3n) is 6.96. The fourth-order valence-electron chi connectivity index (χ4n) is 3.46. The minimum absolute atomic E-state index is 0.0159. The van der Waals surface area contributed by atoms with Crippen LogP contribution in [0.15, 0.2) is 60.7 Å². The van der Waals surface area contributed by atoms with Crippen molar-refractivity contribution >= 4 is 31.7 Å². The van der Waals surface area contributed by atoms with Gasteiger partial charge in [0.15, 0.2) is 8.32 Å². The second-order valence-electron chi connectivity index (χ2n) is 12.2. The lowest BCUT2D eigenvalue weighted by atomic mass is 10.1. The Morgan fingerprint density at radius 3 is 2.18 bits per heavy atom. The maximum atomic E-state index is 13.2. The van der Waals surface area contributed by atoms with Crippen molar-refractivity contribution in [3.63, 3.8) is 0 Å². The van der Waals surface area contributed by atoms with Gasteiger partial charge in [-0.2, -0.15) is 0 Å². The number of hydrogen-bond donors (Lipinski definition) is 1. The highest BCUT2D eigenvalue weighted by Crippen LogP contribution is 2.38. The average molecular weight is 574 g/mol. The zero-order valence-electron chi connectivity index (χ0n) is 25.1. The summed E-state index contributed by atoms with van der Waals surface area (Å²) in [6.07, 6.45) is 5.31. The Bertz CT molecular complexity index is 1050. The van der Waals surface area contributed by atoms with Crippen molar-refractivity contribution < 1.29 is 23.2 Å². The molecule has 2 aromatic carbocycles. The number of esters is 1. The molecule has 216 valence electrons. The van der Waals surface area contributed by atoms with Gasteiger partial charge in [0, 0.05) is 11.4 Å². The maximum Gasteiger partial charge on any atom is 0.337 e. The Morgan fingerprint density at radius 1 is 1.03 bits per heavy atom. The quantitative estimate of drug-likeness (QED) is 0.156. The maximum absolute atomic E-state index is 13.2. The molecule has 0 aliphatic carbocycles. The predicted molar refractivity (Wildman–Crippen MR) is 165 cm³/mol. The lowest BCUT2D eigenvalue weighted by Crippen LogP contribution is -2.55. The van der Waals surface area contributed by atoms with Crippen LogP contribution in [-0.2, 0) is 20.5 Å². The van der Waals surface area contributed by atoms with Crippen LogP contribution < -0.4 is 9.46 Å². The largest absolute Gasteiger partial charge is 0.598 e. The van der Waals surface area contributed by atoms with E-state index in [1.165, 1.54) is 7.11 Å². The highest BCUT2D eigenvalue weighted by atomic mass is 32.2. The van der Waals surface area contributed by atoms with E-state index in [0.717, 1.165) is 24.2 Å². The van der Waals surface area contributed by atoms with E-state index in [1.54, 1.807) is 12.1 Å². The van der Waals surface area contributed by atoms with Gasteiger partial charge in [-0.15, -0.1) is 4.72 Å². The van der Waals surface area contributed by atoms with Gasteiger partial charge in [0.05, 0.1) is 24.8 Å². The molecule has 0 fully saturated rings. The average Bonchev–Trinajstić information content (AvgIpc) is 2.87. The van der Waals surface area contributed by atoms with Crippen molar-refractivity contribution in [3.05, 3.63) is 71.8 Å². The monoisotopic (exact) mass is 573 g/mol. The van der Waals surface area contributed by atoms with E-state index in [0.29, 0.717) is 12.2 Å². The summed E-state index contributed by atoms with van der Waals surface area (Å²) in [5, 5.41) is 0.0159. The van der Waals surface area contributed by atoms with Gasteiger partial charge in [-0.3, -0.25) is 0 Å². The first kappa shape index (κ1) is 33.1. The lowest BCUT2D eigenvalue weighted by Gasteiger charge is -2.41. The summed E-state index contributed by atoms with van der Waals surface area (Å²) in [5.74, 6) is 0.434. The smallest absolute Gasteiger partial charge is 0.337 e. The van der Waals surface area contributed by atoms with Crippen molar-refractivity contribution in [2.45, 2.75) is 89.4 Å². The van der Waals surface area contributed by atoms with Gasteiger partial charge in [0.25, 0.3) is 0 Å². The van der Waals surface area contributed by atoms with Crippen LogP contribution in [0.4, 0.5) is 0 Å². The number of rotatable bonds is 13. The molecule has 3 atom stereocenters. The van der Waals surface area contributed by atoms with E-state index in [9.17, 15) is 9.35 Å². The summed E-state index contributed by atoms with van der Waals surface area (Å²) in [5.41, 5.74) is 1.51. The van der Waals surface area contributed by atoms with E-state index in [-0.39, 0.29) is 23.2 Å². The molecule has 0 amide bonds. The van der Waals surface area contributed by atoms with Crippen LogP contribution in [0.25, 0.3) is 6.08 Å². The van der Waals surface area contributed by atoms with Crippen molar-refractivity contribution in [3.8, 4) is 5.75 Å². The summed E-state index contributed by atoms with van der Waals surface area (Å²) in [7, 11) is -0.783. The minimum atomic E-state index is -2.16. The number of methoxy groups -OCH3 is 1. The summed E-state index contributed by atoms with van der Waals surface area (Å²) in [6, 6.07) is 16.9. The number of carbonyl (C=O) groups excluding carboxylic acids is 1. The minimum Gasteiger partial charge on any atom is -0.598 e. The van der Waals surface area contributed by atoms with Crippen LogP contribution in [0.1, 0.15) is 70.3 Å². The van der Waals surface area contributed by atoms with Crippen LogP contribution >= 0.6 is 0 Å². The summed E-state index contributed by atoms with van der Waals surface area (Å²) in [6.45, 7) is 17.4. The number of nitrogens with one attached hydrogen (secondary N) is 1. The van der Waals surface area contributed by atoms with Crippen molar-refractivity contribution in [2.75, 3.05) is 13.7 Å². The molecule has 8 heteroatoms. The van der Waals surface area contributed by atoms with Gasteiger partial charge in [0.1, 0.15) is 17.1 Å². The second kappa shape index (κ2) is 14.5. The van der Waals surface area contributed by atoms with Gasteiger partial charge in [-0.25, -0.2) is 4.79 Å². The van der Waals surface area contributed by atoms with Crippen LogP contribution in [0.5, 0.6) is 5.75 Å². The van der Waals surface area contributed by atoms with Crippen LogP contribution in [0.2, 0.25) is 18.1 Å². The molecule has 0 aliphatic heterocycles. The zero-order valence-corrected chi connectivity index (χ0v) is 26.9. The molecular formula is C31H47NO5SSi. The molecule has 6 nitrogen and oxygen atoms in total. The fourth-order valence-corrected chi connectivity index (χ4v) is 5.70. The van der Waals surface area contributed by atoms with E-state index in [1.807, 2.05) is 69.3 Å². The van der Waals surface area contributed by atoms with Gasteiger partial charge in [0.2, 0.25) is 0 Å². The molecule has 0 aromatic heterocycles. The van der Waals surface area contributed by atoms with Crippen LogP contribution in [0, 0.1) is 0 Å². The molecule has 0 radical (unpaired) electrons. The van der Waals surface area contributed by atoms with Crippen molar-refractivity contribution in [1.29, 1.82) is 0 Å². The first-order valence-corrected chi connectivity index (χ1v) is 17.6. The first-order valence-electron chi connectivity index (χ1n) is 13.5. The molecular weight excluding hydrogens is 526 g/mol. The third kappa shape index (κ3) is 10.8. The second-order valence-corrected chi connectivity index (χ2v) is 19.0. The lowest BCUT2D eigenvalue weighted by molar-refractivity contribution is 0.0600. The number of para-hydroxylation sites is 1. The first-order chi connectivity index (χ1) is 18.1. The SMILES string of the molecule is COC(=O)c1ccc(C=CCC[C@@H](N[S+]([O-])C(C)(C)C)[C@@H](COc2ccccc2)O[Si](C)(C)C(C)(C)C)cc1. The van der Waals surface area contributed by atoms with E-state index in [4.69, 9.17) is 13.9 Å². The van der Waals surface area contributed by atoms with Crippen LogP contribution in [-0.4, -0.2) is 49.4 Å². The molecule has 0 bridgehead atoms. The molecule has 0 spiro atoms. The Labute approximate surface area is 240 Å². The molecule has 2 rings (SSSR count). The molecule has 2 aromatic rings. The van der Waals surface area contributed by atoms with E-state index in [2.05, 4.69) is 44.7 Å². The zero-order chi connectivity index (χ0) is 29.3. The molecule has 39 heavy (non-hydrogen) atoms. The number of hydrogen-bond acceptors (Lipinski definition) is 6. The normalized spacial score (nSPS) is 15.1. The van der Waals surface area contributed by atoms with Crippen molar-refractivity contribution in [2.24, 2.45) is 0 Å². The molecule has 1 unspecified atom stereocenters. The van der Waals surface area contributed by atoms with E-state index < -0.39 is 24.4 Å². The third-order valence-corrected chi connectivity index (χ3v) is 13.1. The molecule has 1 N–H and O–H groups in total. The Balaban J connectivity index is 2.25. The topological polar surface area (TPSA) is 79.9 Å². The standard InChI is InChI=1S/C31H47NO5SSi/c1-30(2,3)38(34)32-27(18-14-13-15-24-19-21-25(22-20-24)29(33)35-7)28(37-39(8,9)31(4,5)6)23-36-26-16-11-10-12-17-26/h10-13,15-17,19-22,27-28,32H,14,18,23H2,1-9H3/t27-,28-,38?/m1/s1. The van der Waals surface area contributed by atoms with E-state index >= 15 is 0 Å². The summed E-state index contributed by atoms with van der Waals surface area (Å²) >= 11 is -1.27. The molecule has 0 saturated carbocycles. The number of ether oxygens (including phenoxy) is 2. The van der Waals surface area contributed by atoms with Gasteiger partial charge < -0.3 is 18.5 Å². The van der Waals surface area contributed by atoms with Gasteiger partial charge in [-0.1, -0.05) is 63.3 Å². The fraction of sp³-hybridized carbons (Fsp3) is 0.516. The number of benzene rings is 2. The number of allylic oxidation sites excluding steroid dienone is 1. The molecule has 0 aliphatic rings. The highest BCUT2D eigenvalue weighted by molar-refractivity contribution is 7.90. The predicted octanol–water partition coefficient (Wildman–Crippen LogP) is 7.16. The molecule has 0 heterocycles. The highest BCUT2D eigenvalue weighted by Gasteiger charge is 2.42. The van der Waals surface area contributed by atoms with Gasteiger partial charge >= 0.3 is 5.97 Å². The Morgan fingerprint density at radius 2 is 1.64 bits per heavy atom. The van der Waals surface area contributed by atoms with Gasteiger partial charge in [-0.05, 0) is 81.6 Å². The number of carbonyl (C=O) groups is 1. The van der Waals surface area contributed by atoms with Crippen molar-refractivity contribution in [1.82, 2.24) is 4.72 Å².